The van der Waals surface area contributed by atoms with E-state index in [1.165, 1.54) is 0 Å². The molecule has 1 saturated heterocycles. The molecule has 1 aliphatic rings. The van der Waals surface area contributed by atoms with E-state index >= 15 is 0 Å². The largest absolute Gasteiger partial charge is 0.381 e. The quantitative estimate of drug-likeness (QED) is 0.582. The van der Waals surface area contributed by atoms with Crippen LogP contribution in [0.4, 0.5) is 0 Å². The summed E-state index contributed by atoms with van der Waals surface area (Å²) < 4.78 is 5.44. The molecule has 1 aliphatic heterocycles. The monoisotopic (exact) mass is 213 g/mol. The summed E-state index contributed by atoms with van der Waals surface area (Å²) in [6, 6.07) is 0.140. The molecule has 1 aromatic rings. The third-order valence-corrected chi connectivity index (χ3v) is 3.22. The minimum absolute atomic E-state index is 0.140. The first-order valence-corrected chi connectivity index (χ1v) is 5.78. The van der Waals surface area contributed by atoms with E-state index in [1.807, 2.05) is 10.9 Å². The van der Waals surface area contributed by atoms with E-state index in [0.717, 1.165) is 31.7 Å². The van der Waals surface area contributed by atoms with Crippen LogP contribution in [0.15, 0.2) is 10.9 Å². The van der Waals surface area contributed by atoms with Gasteiger partial charge in [-0.15, -0.1) is 11.3 Å². The summed E-state index contributed by atoms with van der Waals surface area (Å²) in [6.07, 6.45) is 2.28. The van der Waals surface area contributed by atoms with Crippen LogP contribution in [0.5, 0.6) is 0 Å². The van der Waals surface area contributed by atoms with Crippen molar-refractivity contribution >= 4 is 11.3 Å². The van der Waals surface area contributed by atoms with Crippen molar-refractivity contribution in [3.05, 3.63) is 16.6 Å². The molecule has 1 fully saturated rings. The van der Waals surface area contributed by atoms with Crippen molar-refractivity contribution in [2.24, 2.45) is 11.8 Å². The first-order chi connectivity index (χ1) is 6.92. The molecule has 1 aromatic heterocycles. The van der Waals surface area contributed by atoms with E-state index in [2.05, 4.69) is 10.4 Å². The first kappa shape index (κ1) is 10.0. The molecule has 0 bridgehead atoms. The number of thiazole rings is 1. The standard InChI is InChI=1S/C9H15N3OS/c10-12-9(8-5-14-6-11-8)7-2-1-3-13-4-7/h5-7,9,12H,1-4,10H2. The second-order valence-corrected chi connectivity index (χ2v) is 4.25. The zero-order chi connectivity index (χ0) is 9.80. The van der Waals surface area contributed by atoms with Crippen LogP contribution in [0.3, 0.4) is 0 Å². The van der Waals surface area contributed by atoms with Gasteiger partial charge in [0.2, 0.25) is 0 Å². The van der Waals surface area contributed by atoms with Gasteiger partial charge in [0, 0.05) is 17.9 Å². The van der Waals surface area contributed by atoms with Gasteiger partial charge in [-0.3, -0.25) is 11.3 Å². The highest BCUT2D eigenvalue weighted by atomic mass is 32.1. The number of nitrogens with zero attached hydrogens (tertiary/aromatic N) is 1. The lowest BCUT2D eigenvalue weighted by Crippen LogP contribution is -2.37. The van der Waals surface area contributed by atoms with Crippen molar-refractivity contribution in [3.63, 3.8) is 0 Å². The predicted molar refractivity (Wildman–Crippen MR) is 55.7 cm³/mol. The highest BCUT2D eigenvalue weighted by Gasteiger charge is 2.25. The molecule has 2 unspecified atom stereocenters. The maximum absolute atomic E-state index is 5.55. The molecule has 78 valence electrons. The second-order valence-electron chi connectivity index (χ2n) is 3.53. The van der Waals surface area contributed by atoms with Crippen LogP contribution in [0.1, 0.15) is 24.6 Å². The Hall–Kier alpha value is -0.490. The van der Waals surface area contributed by atoms with Gasteiger partial charge < -0.3 is 4.74 Å². The molecule has 5 heteroatoms. The lowest BCUT2D eigenvalue weighted by molar-refractivity contribution is 0.0384. The number of hydrogen-bond acceptors (Lipinski definition) is 5. The highest BCUT2D eigenvalue weighted by molar-refractivity contribution is 7.07. The number of nitrogens with one attached hydrogen (secondary N) is 1. The average Bonchev–Trinajstić information content (AvgIpc) is 2.74. The van der Waals surface area contributed by atoms with E-state index in [1.54, 1.807) is 11.3 Å². The Morgan fingerprint density at radius 2 is 2.64 bits per heavy atom. The van der Waals surface area contributed by atoms with Crippen LogP contribution in [0.25, 0.3) is 0 Å². The zero-order valence-electron chi connectivity index (χ0n) is 7.98. The van der Waals surface area contributed by atoms with Crippen LogP contribution < -0.4 is 11.3 Å². The molecule has 4 nitrogen and oxygen atoms in total. The van der Waals surface area contributed by atoms with Crippen LogP contribution >= 0.6 is 11.3 Å². The molecule has 2 heterocycles. The van der Waals surface area contributed by atoms with Crippen LogP contribution in [-0.2, 0) is 4.74 Å². The number of ether oxygens (including phenoxy) is 1. The molecule has 0 aliphatic carbocycles. The number of rotatable bonds is 3. The minimum atomic E-state index is 0.140. The Balaban J connectivity index is 2.04. The van der Waals surface area contributed by atoms with Crippen molar-refractivity contribution in [2.45, 2.75) is 18.9 Å². The molecule has 0 amide bonds. The average molecular weight is 213 g/mol. The molecule has 0 aromatic carbocycles. The molecule has 0 saturated carbocycles. The minimum Gasteiger partial charge on any atom is -0.381 e. The van der Waals surface area contributed by atoms with E-state index < -0.39 is 0 Å². The highest BCUT2D eigenvalue weighted by Crippen LogP contribution is 2.27. The van der Waals surface area contributed by atoms with Gasteiger partial charge in [-0.25, -0.2) is 4.98 Å². The Labute approximate surface area is 87.4 Å². The second kappa shape index (κ2) is 4.84. The van der Waals surface area contributed by atoms with Crippen molar-refractivity contribution in [1.29, 1.82) is 0 Å². The molecular weight excluding hydrogens is 198 g/mol. The van der Waals surface area contributed by atoms with Gasteiger partial charge in [-0.1, -0.05) is 0 Å². The Bertz CT molecular complexity index is 259. The van der Waals surface area contributed by atoms with Gasteiger partial charge in [0.25, 0.3) is 0 Å². The van der Waals surface area contributed by atoms with Gasteiger partial charge in [0.05, 0.1) is 23.9 Å². The van der Waals surface area contributed by atoms with Gasteiger partial charge in [0.1, 0.15) is 0 Å². The van der Waals surface area contributed by atoms with Gasteiger partial charge in [-0.05, 0) is 12.8 Å². The number of aromatic nitrogens is 1. The smallest absolute Gasteiger partial charge is 0.0795 e. The fourth-order valence-electron chi connectivity index (χ4n) is 1.87. The molecule has 3 N–H and O–H groups in total. The maximum Gasteiger partial charge on any atom is 0.0795 e. The van der Waals surface area contributed by atoms with Gasteiger partial charge >= 0.3 is 0 Å². The van der Waals surface area contributed by atoms with Crippen molar-refractivity contribution in [2.75, 3.05) is 13.2 Å². The van der Waals surface area contributed by atoms with Crippen molar-refractivity contribution in [3.8, 4) is 0 Å². The third kappa shape index (κ3) is 2.12. The summed E-state index contributed by atoms with van der Waals surface area (Å²) in [5.74, 6) is 6.01. The summed E-state index contributed by atoms with van der Waals surface area (Å²) in [5, 5.41) is 2.04. The van der Waals surface area contributed by atoms with Crippen LogP contribution in [0, 0.1) is 5.92 Å². The Kier molecular flexibility index (Phi) is 3.47. The fourth-order valence-corrected chi connectivity index (χ4v) is 2.46. The summed E-state index contributed by atoms with van der Waals surface area (Å²) >= 11 is 1.60. The summed E-state index contributed by atoms with van der Waals surface area (Å²) in [4.78, 5) is 4.28. The van der Waals surface area contributed by atoms with Crippen LogP contribution in [0.2, 0.25) is 0 Å². The molecule has 2 rings (SSSR count). The Morgan fingerprint density at radius 1 is 1.71 bits per heavy atom. The number of hydrogen-bond donors (Lipinski definition) is 2. The van der Waals surface area contributed by atoms with Gasteiger partial charge in [0.15, 0.2) is 0 Å². The summed E-state index contributed by atoms with van der Waals surface area (Å²) in [6.45, 7) is 1.66. The van der Waals surface area contributed by atoms with E-state index in [9.17, 15) is 0 Å². The summed E-state index contributed by atoms with van der Waals surface area (Å²) in [5.41, 5.74) is 5.71. The molecule has 0 radical (unpaired) electrons. The lowest BCUT2D eigenvalue weighted by atomic mass is 9.92. The zero-order valence-corrected chi connectivity index (χ0v) is 8.80. The number of hydrazine groups is 1. The summed E-state index contributed by atoms with van der Waals surface area (Å²) in [7, 11) is 0. The predicted octanol–water partition coefficient (Wildman–Crippen LogP) is 1.07. The molecule has 0 spiro atoms. The van der Waals surface area contributed by atoms with Crippen molar-refractivity contribution in [1.82, 2.24) is 10.4 Å². The Morgan fingerprint density at radius 3 is 3.21 bits per heavy atom. The van der Waals surface area contributed by atoms with Gasteiger partial charge in [-0.2, -0.15) is 0 Å². The van der Waals surface area contributed by atoms with E-state index in [0.29, 0.717) is 5.92 Å². The fraction of sp³-hybridized carbons (Fsp3) is 0.667. The van der Waals surface area contributed by atoms with Crippen molar-refractivity contribution < 1.29 is 4.74 Å². The topological polar surface area (TPSA) is 60.2 Å². The number of nitrogens with two attached hydrogens (primary N) is 1. The van der Waals surface area contributed by atoms with E-state index in [4.69, 9.17) is 10.6 Å². The van der Waals surface area contributed by atoms with E-state index in [-0.39, 0.29) is 6.04 Å². The SMILES string of the molecule is NNC(c1cscn1)C1CCCOC1. The van der Waals surface area contributed by atoms with Crippen LogP contribution in [-0.4, -0.2) is 18.2 Å². The molecular formula is C9H15N3OS. The first-order valence-electron chi connectivity index (χ1n) is 4.84. The normalized spacial score (nSPS) is 24.8. The molecule has 2 atom stereocenters. The lowest BCUT2D eigenvalue weighted by Gasteiger charge is -2.28. The maximum atomic E-state index is 5.55. The third-order valence-electron chi connectivity index (χ3n) is 2.62. The molecule has 14 heavy (non-hydrogen) atoms.